The minimum atomic E-state index is -0.350. The topological polar surface area (TPSA) is 83.8 Å². The zero-order valence-corrected chi connectivity index (χ0v) is 17.3. The maximum atomic E-state index is 13.3. The van der Waals surface area contributed by atoms with Crippen molar-refractivity contribution in [1.29, 1.82) is 0 Å². The SMILES string of the molecule is NC[C@H]1CC[C@H](NC(=O)C(Cc2ccccc2)c2nc(-c3ccccc3)c[nH]2)CC1. The lowest BCUT2D eigenvalue weighted by Gasteiger charge is -2.29. The van der Waals surface area contributed by atoms with E-state index in [0.29, 0.717) is 18.2 Å². The van der Waals surface area contributed by atoms with Crippen molar-refractivity contribution in [2.24, 2.45) is 11.7 Å². The third kappa shape index (κ3) is 4.97. The normalized spacial score (nSPS) is 19.9. The fraction of sp³-hybridized carbons (Fsp3) is 0.360. The van der Waals surface area contributed by atoms with Crippen molar-refractivity contribution in [2.75, 3.05) is 6.54 Å². The molecule has 1 heterocycles. The number of nitrogens with two attached hydrogens (primary N) is 1. The van der Waals surface area contributed by atoms with Crippen LogP contribution in [0.2, 0.25) is 0 Å². The lowest BCUT2D eigenvalue weighted by Crippen LogP contribution is -2.41. The summed E-state index contributed by atoms with van der Waals surface area (Å²) in [5.74, 6) is 1.00. The zero-order chi connectivity index (χ0) is 20.8. The maximum Gasteiger partial charge on any atom is 0.231 e. The van der Waals surface area contributed by atoms with E-state index in [9.17, 15) is 4.79 Å². The largest absolute Gasteiger partial charge is 0.353 e. The van der Waals surface area contributed by atoms with Gasteiger partial charge in [0.25, 0.3) is 0 Å². The number of rotatable bonds is 7. The average Bonchev–Trinajstić information content (AvgIpc) is 3.29. The summed E-state index contributed by atoms with van der Waals surface area (Å²) in [6.07, 6.45) is 6.68. The average molecular weight is 403 g/mol. The summed E-state index contributed by atoms with van der Waals surface area (Å²) >= 11 is 0. The molecule has 1 fully saturated rings. The number of aromatic amines is 1. The van der Waals surface area contributed by atoms with Gasteiger partial charge in [-0.2, -0.15) is 0 Å². The molecule has 0 saturated heterocycles. The molecule has 1 unspecified atom stereocenters. The van der Waals surface area contributed by atoms with Crippen molar-refractivity contribution in [3.63, 3.8) is 0 Å². The molecule has 0 spiro atoms. The molecule has 3 aromatic rings. The second-order valence-electron chi connectivity index (χ2n) is 8.24. The van der Waals surface area contributed by atoms with E-state index in [1.165, 1.54) is 0 Å². The van der Waals surface area contributed by atoms with Crippen molar-refractivity contribution in [3.05, 3.63) is 78.2 Å². The van der Waals surface area contributed by atoms with E-state index >= 15 is 0 Å². The van der Waals surface area contributed by atoms with Crippen LogP contribution in [-0.2, 0) is 11.2 Å². The number of hydrogen-bond donors (Lipinski definition) is 3. The summed E-state index contributed by atoms with van der Waals surface area (Å²) in [5.41, 5.74) is 8.84. The minimum absolute atomic E-state index is 0.0454. The molecule has 0 radical (unpaired) electrons. The molecule has 1 aliphatic carbocycles. The van der Waals surface area contributed by atoms with Gasteiger partial charge < -0.3 is 16.0 Å². The molecular weight excluding hydrogens is 372 g/mol. The van der Waals surface area contributed by atoms with Gasteiger partial charge in [-0.25, -0.2) is 4.98 Å². The Morgan fingerprint density at radius 2 is 1.70 bits per heavy atom. The maximum absolute atomic E-state index is 13.3. The molecule has 5 heteroatoms. The number of nitrogens with one attached hydrogen (secondary N) is 2. The first-order valence-electron chi connectivity index (χ1n) is 10.9. The second kappa shape index (κ2) is 9.72. The summed E-state index contributed by atoms with van der Waals surface area (Å²) in [6.45, 7) is 0.742. The minimum Gasteiger partial charge on any atom is -0.353 e. The molecule has 1 aliphatic rings. The standard InChI is InChI=1S/C25H30N4O/c26-16-19-11-13-21(14-12-19)28-25(30)22(15-18-7-3-1-4-8-18)24-27-17-23(29-24)20-9-5-2-6-10-20/h1-10,17,19,21-22H,11-16,26H2,(H,27,29)(H,28,30)/t19-,21-,22?. The molecule has 0 bridgehead atoms. The molecular formula is C25H30N4O. The third-order valence-electron chi connectivity index (χ3n) is 6.12. The van der Waals surface area contributed by atoms with Crippen LogP contribution in [-0.4, -0.2) is 28.5 Å². The van der Waals surface area contributed by atoms with Crippen LogP contribution in [0.4, 0.5) is 0 Å². The zero-order valence-electron chi connectivity index (χ0n) is 17.3. The van der Waals surface area contributed by atoms with Crippen LogP contribution in [0.1, 0.15) is 43.0 Å². The second-order valence-corrected chi connectivity index (χ2v) is 8.24. The Morgan fingerprint density at radius 1 is 1.03 bits per heavy atom. The van der Waals surface area contributed by atoms with Crippen LogP contribution < -0.4 is 11.1 Å². The first-order valence-corrected chi connectivity index (χ1v) is 10.9. The lowest BCUT2D eigenvalue weighted by molar-refractivity contribution is -0.123. The van der Waals surface area contributed by atoms with E-state index in [1.807, 2.05) is 54.7 Å². The van der Waals surface area contributed by atoms with Crippen LogP contribution in [0.15, 0.2) is 66.9 Å². The summed E-state index contributed by atoms with van der Waals surface area (Å²) in [6, 6.07) is 20.4. The van der Waals surface area contributed by atoms with E-state index in [2.05, 4.69) is 22.4 Å². The molecule has 156 valence electrons. The molecule has 0 aliphatic heterocycles. The molecule has 1 saturated carbocycles. The Kier molecular flexibility index (Phi) is 6.60. The Hall–Kier alpha value is -2.92. The van der Waals surface area contributed by atoms with Crippen molar-refractivity contribution < 1.29 is 4.79 Å². The van der Waals surface area contributed by atoms with E-state index in [0.717, 1.165) is 49.0 Å². The van der Waals surface area contributed by atoms with Crippen LogP contribution in [0.25, 0.3) is 11.3 Å². The molecule has 5 nitrogen and oxygen atoms in total. The Morgan fingerprint density at radius 3 is 2.37 bits per heavy atom. The van der Waals surface area contributed by atoms with Gasteiger partial charge in [0.1, 0.15) is 5.82 Å². The fourth-order valence-corrected chi connectivity index (χ4v) is 4.28. The Balaban J connectivity index is 1.52. The van der Waals surface area contributed by atoms with Crippen molar-refractivity contribution in [1.82, 2.24) is 15.3 Å². The Labute approximate surface area is 178 Å². The highest BCUT2D eigenvalue weighted by molar-refractivity contribution is 5.83. The van der Waals surface area contributed by atoms with Gasteiger partial charge in [0.15, 0.2) is 0 Å². The molecule has 1 aromatic heterocycles. The number of imidazole rings is 1. The number of amides is 1. The number of hydrogen-bond acceptors (Lipinski definition) is 3. The summed E-state index contributed by atoms with van der Waals surface area (Å²) in [7, 11) is 0. The quantitative estimate of drug-likeness (QED) is 0.558. The van der Waals surface area contributed by atoms with Crippen LogP contribution in [0, 0.1) is 5.92 Å². The Bertz CT molecular complexity index is 930. The smallest absolute Gasteiger partial charge is 0.231 e. The number of aromatic nitrogens is 2. The van der Waals surface area contributed by atoms with Crippen LogP contribution in [0.5, 0.6) is 0 Å². The molecule has 30 heavy (non-hydrogen) atoms. The van der Waals surface area contributed by atoms with Crippen molar-refractivity contribution in [2.45, 2.75) is 44.1 Å². The van der Waals surface area contributed by atoms with E-state index < -0.39 is 0 Å². The summed E-state index contributed by atoms with van der Waals surface area (Å²) in [5, 5.41) is 3.29. The molecule has 2 aromatic carbocycles. The summed E-state index contributed by atoms with van der Waals surface area (Å²) < 4.78 is 0. The van der Waals surface area contributed by atoms with Gasteiger partial charge in [0.05, 0.1) is 11.6 Å². The predicted molar refractivity (Wildman–Crippen MR) is 120 cm³/mol. The van der Waals surface area contributed by atoms with E-state index in [4.69, 9.17) is 10.7 Å². The number of benzene rings is 2. The molecule has 1 atom stereocenters. The van der Waals surface area contributed by atoms with Gasteiger partial charge in [-0.05, 0) is 50.1 Å². The highest BCUT2D eigenvalue weighted by Crippen LogP contribution is 2.26. The number of H-pyrrole nitrogens is 1. The van der Waals surface area contributed by atoms with Gasteiger partial charge in [0, 0.05) is 17.8 Å². The molecule has 1 amide bonds. The van der Waals surface area contributed by atoms with E-state index in [1.54, 1.807) is 0 Å². The monoisotopic (exact) mass is 402 g/mol. The van der Waals surface area contributed by atoms with E-state index in [-0.39, 0.29) is 17.9 Å². The number of carbonyl (C=O) groups is 1. The van der Waals surface area contributed by atoms with Crippen LogP contribution >= 0.6 is 0 Å². The van der Waals surface area contributed by atoms with Crippen LogP contribution in [0.3, 0.4) is 0 Å². The predicted octanol–water partition coefficient (Wildman–Crippen LogP) is 4.04. The van der Waals surface area contributed by atoms with Crippen molar-refractivity contribution >= 4 is 5.91 Å². The number of nitrogens with zero attached hydrogens (tertiary/aromatic N) is 1. The highest BCUT2D eigenvalue weighted by Gasteiger charge is 2.28. The van der Waals surface area contributed by atoms with Gasteiger partial charge in [-0.15, -0.1) is 0 Å². The first-order chi connectivity index (χ1) is 14.7. The van der Waals surface area contributed by atoms with Gasteiger partial charge >= 0.3 is 0 Å². The van der Waals surface area contributed by atoms with Gasteiger partial charge in [0.2, 0.25) is 5.91 Å². The fourth-order valence-electron chi connectivity index (χ4n) is 4.28. The first kappa shape index (κ1) is 20.4. The lowest BCUT2D eigenvalue weighted by atomic mass is 9.85. The van der Waals surface area contributed by atoms with Gasteiger partial charge in [-0.3, -0.25) is 4.79 Å². The molecule has 4 N–H and O–H groups in total. The van der Waals surface area contributed by atoms with Gasteiger partial charge in [-0.1, -0.05) is 60.7 Å². The number of carbonyl (C=O) groups excluding carboxylic acids is 1. The van der Waals surface area contributed by atoms with Crippen molar-refractivity contribution in [3.8, 4) is 11.3 Å². The highest BCUT2D eigenvalue weighted by atomic mass is 16.2. The third-order valence-corrected chi connectivity index (χ3v) is 6.12. The molecule has 4 rings (SSSR count). The summed E-state index contributed by atoms with van der Waals surface area (Å²) in [4.78, 5) is 21.4.